The van der Waals surface area contributed by atoms with Gasteiger partial charge in [-0.1, -0.05) is 23.5 Å². The molecular weight excluding hydrogens is 239 g/mol. The van der Waals surface area contributed by atoms with Crippen LogP contribution in [0.5, 0.6) is 0 Å². The van der Waals surface area contributed by atoms with E-state index in [1.807, 2.05) is 24.3 Å². The van der Waals surface area contributed by atoms with Gasteiger partial charge in [-0.25, -0.2) is 4.98 Å². The molecular formula is C9H8Cl2N2S. The monoisotopic (exact) mass is 246 g/mol. The summed E-state index contributed by atoms with van der Waals surface area (Å²) in [6, 6.07) is 7.99. The quantitative estimate of drug-likeness (QED) is 0.839. The molecule has 1 aromatic carbocycles. The summed E-state index contributed by atoms with van der Waals surface area (Å²) < 4.78 is 1.16. The molecule has 1 aromatic heterocycles. The van der Waals surface area contributed by atoms with Gasteiger partial charge in [-0.3, -0.25) is 0 Å². The number of hydrogen-bond donors (Lipinski definition) is 1. The van der Waals surface area contributed by atoms with Gasteiger partial charge in [0, 0.05) is 6.54 Å². The summed E-state index contributed by atoms with van der Waals surface area (Å²) in [5, 5.41) is 3.94. The lowest BCUT2D eigenvalue weighted by Crippen LogP contribution is -2.07. The van der Waals surface area contributed by atoms with E-state index in [2.05, 4.69) is 10.3 Å². The van der Waals surface area contributed by atoms with Crippen molar-refractivity contribution in [2.75, 3.05) is 11.9 Å². The number of fused-ring (bicyclic) bond motifs is 1. The molecule has 0 saturated carbocycles. The third-order valence-corrected chi connectivity index (χ3v) is 3.00. The largest absolute Gasteiger partial charge is 0.359 e. The number of hydrogen-bond acceptors (Lipinski definition) is 3. The van der Waals surface area contributed by atoms with Crippen LogP contribution in [-0.2, 0) is 0 Å². The fraction of sp³-hybridized carbons (Fsp3) is 0.222. The zero-order chi connectivity index (χ0) is 9.97. The van der Waals surface area contributed by atoms with Gasteiger partial charge in [0.25, 0.3) is 0 Å². The Balaban J connectivity index is 2.19. The second-order valence-electron chi connectivity index (χ2n) is 2.76. The standard InChI is InChI=1S/C9H8Cl2N2S/c10-8(11)5-12-9-13-6-3-1-2-4-7(6)14-9/h1-4,8H,5H2,(H,12,13). The highest BCUT2D eigenvalue weighted by molar-refractivity contribution is 7.22. The summed E-state index contributed by atoms with van der Waals surface area (Å²) in [5.74, 6) is 0. The van der Waals surface area contributed by atoms with Gasteiger partial charge in [0.1, 0.15) is 4.84 Å². The van der Waals surface area contributed by atoms with Crippen LogP contribution >= 0.6 is 34.5 Å². The number of benzene rings is 1. The van der Waals surface area contributed by atoms with Crippen molar-refractivity contribution in [3.8, 4) is 0 Å². The van der Waals surface area contributed by atoms with E-state index in [9.17, 15) is 0 Å². The van der Waals surface area contributed by atoms with Crippen LogP contribution in [0.25, 0.3) is 10.2 Å². The van der Waals surface area contributed by atoms with Crippen LogP contribution in [0.2, 0.25) is 0 Å². The van der Waals surface area contributed by atoms with Crippen LogP contribution in [0.15, 0.2) is 24.3 Å². The van der Waals surface area contributed by atoms with Crippen molar-refractivity contribution in [2.24, 2.45) is 0 Å². The maximum atomic E-state index is 5.61. The average molecular weight is 247 g/mol. The smallest absolute Gasteiger partial charge is 0.183 e. The van der Waals surface area contributed by atoms with Crippen molar-refractivity contribution in [3.05, 3.63) is 24.3 Å². The molecule has 0 aliphatic carbocycles. The maximum Gasteiger partial charge on any atom is 0.183 e. The van der Waals surface area contributed by atoms with Gasteiger partial charge in [0.15, 0.2) is 5.13 Å². The van der Waals surface area contributed by atoms with Crippen molar-refractivity contribution < 1.29 is 0 Å². The van der Waals surface area contributed by atoms with E-state index in [-0.39, 0.29) is 0 Å². The lowest BCUT2D eigenvalue weighted by atomic mass is 10.3. The molecule has 0 aliphatic rings. The van der Waals surface area contributed by atoms with Crippen molar-refractivity contribution in [1.82, 2.24) is 4.98 Å². The molecule has 0 radical (unpaired) electrons. The number of nitrogens with zero attached hydrogens (tertiary/aromatic N) is 1. The number of thiazole rings is 1. The molecule has 74 valence electrons. The molecule has 0 atom stereocenters. The van der Waals surface area contributed by atoms with Crippen LogP contribution in [-0.4, -0.2) is 16.4 Å². The highest BCUT2D eigenvalue weighted by atomic mass is 35.5. The predicted octanol–water partition coefficient (Wildman–Crippen LogP) is 3.51. The SMILES string of the molecule is ClC(Cl)CNc1nc2ccccc2s1. The van der Waals surface area contributed by atoms with Gasteiger partial charge in [-0.15, -0.1) is 23.2 Å². The van der Waals surface area contributed by atoms with Crippen LogP contribution in [0.4, 0.5) is 5.13 Å². The second-order valence-corrected chi connectivity index (χ2v) is 5.07. The molecule has 0 spiro atoms. The Morgan fingerprint density at radius 3 is 2.86 bits per heavy atom. The van der Waals surface area contributed by atoms with Crippen LogP contribution in [0.1, 0.15) is 0 Å². The van der Waals surface area contributed by atoms with E-state index in [0.717, 1.165) is 15.3 Å². The first-order valence-electron chi connectivity index (χ1n) is 4.13. The van der Waals surface area contributed by atoms with Gasteiger partial charge < -0.3 is 5.32 Å². The molecule has 0 bridgehead atoms. The molecule has 0 fully saturated rings. The molecule has 0 unspecified atom stereocenters. The number of aromatic nitrogens is 1. The van der Waals surface area contributed by atoms with Crippen molar-refractivity contribution >= 4 is 49.9 Å². The number of alkyl halides is 2. The molecule has 2 rings (SSSR count). The Bertz CT molecular complexity index is 394. The number of anilines is 1. The second kappa shape index (κ2) is 4.34. The zero-order valence-electron chi connectivity index (χ0n) is 7.21. The molecule has 0 amide bonds. The highest BCUT2D eigenvalue weighted by Gasteiger charge is 2.03. The minimum atomic E-state index is -0.401. The summed E-state index contributed by atoms with van der Waals surface area (Å²) in [6.45, 7) is 0.517. The van der Waals surface area contributed by atoms with E-state index >= 15 is 0 Å². The fourth-order valence-corrected chi connectivity index (χ4v) is 2.14. The Morgan fingerprint density at radius 1 is 1.36 bits per heavy atom. The van der Waals surface area contributed by atoms with Crippen LogP contribution in [0, 0.1) is 0 Å². The summed E-state index contributed by atoms with van der Waals surface area (Å²) in [5.41, 5.74) is 1.00. The predicted molar refractivity (Wildman–Crippen MR) is 63.6 cm³/mol. The molecule has 1 heterocycles. The minimum absolute atomic E-state index is 0.401. The van der Waals surface area contributed by atoms with E-state index in [0.29, 0.717) is 6.54 Å². The minimum Gasteiger partial charge on any atom is -0.359 e. The van der Waals surface area contributed by atoms with E-state index in [4.69, 9.17) is 23.2 Å². The van der Waals surface area contributed by atoms with Gasteiger partial charge in [-0.2, -0.15) is 0 Å². The van der Waals surface area contributed by atoms with Crippen molar-refractivity contribution in [1.29, 1.82) is 0 Å². The zero-order valence-corrected chi connectivity index (χ0v) is 9.53. The van der Waals surface area contributed by atoms with E-state index in [1.165, 1.54) is 0 Å². The first kappa shape index (κ1) is 10.0. The van der Waals surface area contributed by atoms with E-state index in [1.54, 1.807) is 11.3 Å². The normalized spacial score (nSPS) is 11.1. The van der Waals surface area contributed by atoms with Crippen LogP contribution < -0.4 is 5.32 Å². The average Bonchev–Trinajstić information content (AvgIpc) is 2.57. The Kier molecular flexibility index (Phi) is 3.11. The topological polar surface area (TPSA) is 24.9 Å². The number of nitrogens with one attached hydrogen (secondary N) is 1. The molecule has 1 N–H and O–H groups in total. The lowest BCUT2D eigenvalue weighted by molar-refractivity contribution is 1.15. The summed E-state index contributed by atoms with van der Waals surface area (Å²) in [7, 11) is 0. The van der Waals surface area contributed by atoms with Gasteiger partial charge >= 0.3 is 0 Å². The van der Waals surface area contributed by atoms with Crippen molar-refractivity contribution in [2.45, 2.75) is 4.84 Å². The Labute approximate surface area is 95.9 Å². The third kappa shape index (κ3) is 2.29. The summed E-state index contributed by atoms with van der Waals surface area (Å²) >= 11 is 12.8. The number of rotatable bonds is 3. The van der Waals surface area contributed by atoms with Gasteiger partial charge in [0.05, 0.1) is 10.2 Å². The van der Waals surface area contributed by atoms with E-state index < -0.39 is 4.84 Å². The Morgan fingerprint density at radius 2 is 2.14 bits per heavy atom. The maximum absolute atomic E-state index is 5.61. The van der Waals surface area contributed by atoms with Gasteiger partial charge in [-0.05, 0) is 12.1 Å². The first-order chi connectivity index (χ1) is 6.75. The van der Waals surface area contributed by atoms with Gasteiger partial charge in [0.2, 0.25) is 0 Å². The molecule has 5 heteroatoms. The molecule has 0 aliphatic heterocycles. The van der Waals surface area contributed by atoms with Crippen molar-refractivity contribution in [3.63, 3.8) is 0 Å². The number of halogens is 2. The lowest BCUT2D eigenvalue weighted by Gasteiger charge is -2.00. The Hall–Kier alpha value is -0.510. The first-order valence-corrected chi connectivity index (χ1v) is 5.82. The fourth-order valence-electron chi connectivity index (χ4n) is 1.11. The molecule has 14 heavy (non-hydrogen) atoms. The molecule has 2 nitrogen and oxygen atoms in total. The van der Waals surface area contributed by atoms with Crippen LogP contribution in [0.3, 0.4) is 0 Å². The molecule has 0 saturated heterocycles. The summed E-state index contributed by atoms with van der Waals surface area (Å²) in [4.78, 5) is 3.97. The molecule has 2 aromatic rings. The third-order valence-electron chi connectivity index (χ3n) is 1.70. The number of para-hydroxylation sites is 1. The summed E-state index contributed by atoms with van der Waals surface area (Å²) in [6.07, 6.45) is 0. The highest BCUT2D eigenvalue weighted by Crippen LogP contribution is 2.25.